The molecule has 0 fully saturated rings. The Balaban J connectivity index is 1.67. The van der Waals surface area contributed by atoms with Crippen LogP contribution in [0.3, 0.4) is 0 Å². The Morgan fingerprint density at radius 2 is 1.89 bits per heavy atom. The first-order chi connectivity index (χ1) is 12.9. The molecule has 27 heavy (non-hydrogen) atoms. The van der Waals surface area contributed by atoms with Crippen LogP contribution in [0, 0.1) is 12.7 Å². The summed E-state index contributed by atoms with van der Waals surface area (Å²) in [6.45, 7) is 7.76. The van der Waals surface area contributed by atoms with Crippen LogP contribution in [0.25, 0.3) is 10.9 Å². The second kappa shape index (κ2) is 5.93. The van der Waals surface area contributed by atoms with Gasteiger partial charge in [-0.15, -0.1) is 0 Å². The van der Waals surface area contributed by atoms with Crippen LogP contribution < -0.4 is 0 Å². The van der Waals surface area contributed by atoms with Crippen LogP contribution in [-0.4, -0.2) is 23.1 Å². The molecule has 2 unspecified atom stereocenters. The molecule has 2 aromatic carbocycles. The van der Waals surface area contributed by atoms with Crippen molar-refractivity contribution in [3.05, 3.63) is 70.7 Å². The molecule has 2 nitrogen and oxygen atoms in total. The van der Waals surface area contributed by atoms with E-state index >= 15 is 0 Å². The first-order valence-electron chi connectivity index (χ1n) is 10.0. The summed E-state index contributed by atoms with van der Waals surface area (Å²) in [5.41, 5.74) is 7.17. The number of nitrogens with zero attached hydrogens (tertiary/aromatic N) is 2. The highest BCUT2D eigenvalue weighted by atomic mass is 19.1. The molecule has 0 bridgehead atoms. The van der Waals surface area contributed by atoms with Gasteiger partial charge in [0.1, 0.15) is 5.82 Å². The number of halogens is 1. The largest absolute Gasteiger partial charge is 0.344 e. The summed E-state index contributed by atoms with van der Waals surface area (Å²) in [7, 11) is 2.24. The number of rotatable bonds is 1. The summed E-state index contributed by atoms with van der Waals surface area (Å²) in [4.78, 5) is 2.47. The van der Waals surface area contributed by atoms with Crippen molar-refractivity contribution in [2.75, 3.05) is 13.6 Å². The van der Waals surface area contributed by atoms with Gasteiger partial charge in [0.05, 0.1) is 0 Å². The second-order valence-electron chi connectivity index (χ2n) is 8.97. The van der Waals surface area contributed by atoms with Crippen LogP contribution in [0.1, 0.15) is 48.1 Å². The third-order valence-corrected chi connectivity index (χ3v) is 6.68. The standard InChI is InChI=1S/C24H27FN2/c1-16-4-9-22-20(12-16)21-14-26(3)15-24(2)13-18(10-11-27(22)23(21)24)17-5-7-19(25)8-6-17/h4-9,12,18H,10-11,13-15H2,1-3H3. The molecule has 3 aromatic rings. The van der Waals surface area contributed by atoms with Gasteiger partial charge < -0.3 is 9.47 Å². The molecule has 0 amide bonds. The number of aryl methyl sites for hydroxylation is 2. The highest BCUT2D eigenvalue weighted by Gasteiger charge is 2.42. The van der Waals surface area contributed by atoms with E-state index in [2.05, 4.69) is 48.6 Å². The highest BCUT2D eigenvalue weighted by Crippen LogP contribution is 2.47. The van der Waals surface area contributed by atoms with Crippen molar-refractivity contribution in [3.8, 4) is 0 Å². The molecule has 3 heteroatoms. The maximum Gasteiger partial charge on any atom is 0.123 e. The minimum atomic E-state index is -0.147. The second-order valence-corrected chi connectivity index (χ2v) is 8.97. The fourth-order valence-corrected chi connectivity index (χ4v) is 5.73. The van der Waals surface area contributed by atoms with Crippen LogP contribution >= 0.6 is 0 Å². The van der Waals surface area contributed by atoms with Gasteiger partial charge in [0.2, 0.25) is 0 Å². The van der Waals surface area contributed by atoms with Gasteiger partial charge in [0.15, 0.2) is 0 Å². The predicted molar refractivity (Wildman–Crippen MR) is 109 cm³/mol. The van der Waals surface area contributed by atoms with Crippen LogP contribution in [0.4, 0.5) is 4.39 Å². The van der Waals surface area contributed by atoms with Gasteiger partial charge in [0.25, 0.3) is 0 Å². The Hall–Kier alpha value is -2.13. The van der Waals surface area contributed by atoms with Crippen molar-refractivity contribution in [2.24, 2.45) is 0 Å². The Labute approximate surface area is 160 Å². The highest BCUT2D eigenvalue weighted by molar-refractivity contribution is 5.87. The number of fused-ring (bicyclic) bond motifs is 3. The van der Waals surface area contributed by atoms with Crippen LogP contribution in [0.15, 0.2) is 42.5 Å². The molecule has 0 radical (unpaired) electrons. The average molecular weight is 362 g/mol. The van der Waals surface area contributed by atoms with E-state index in [1.165, 1.54) is 27.6 Å². The Bertz CT molecular complexity index is 1020. The Kier molecular flexibility index (Phi) is 3.74. The molecule has 2 aliphatic rings. The summed E-state index contributed by atoms with van der Waals surface area (Å²) in [6, 6.07) is 14.1. The lowest BCUT2D eigenvalue weighted by Gasteiger charge is -2.40. The summed E-state index contributed by atoms with van der Waals surface area (Å²) in [5, 5.41) is 1.43. The van der Waals surface area contributed by atoms with Crippen molar-refractivity contribution in [1.29, 1.82) is 0 Å². The third-order valence-electron chi connectivity index (χ3n) is 6.68. The van der Waals surface area contributed by atoms with Crippen molar-refractivity contribution in [2.45, 2.75) is 51.1 Å². The summed E-state index contributed by atoms with van der Waals surface area (Å²) < 4.78 is 16.0. The van der Waals surface area contributed by atoms with Gasteiger partial charge in [-0.25, -0.2) is 4.39 Å². The van der Waals surface area contributed by atoms with Crippen LogP contribution in [0.2, 0.25) is 0 Å². The molecule has 0 N–H and O–H groups in total. The van der Waals surface area contributed by atoms with E-state index in [4.69, 9.17) is 0 Å². The lowest BCUT2D eigenvalue weighted by molar-refractivity contribution is 0.205. The molecule has 3 heterocycles. The van der Waals surface area contributed by atoms with Gasteiger partial charge in [-0.05, 0) is 68.1 Å². The molecule has 5 rings (SSSR count). The van der Waals surface area contributed by atoms with E-state index < -0.39 is 0 Å². The monoisotopic (exact) mass is 362 g/mol. The molecular formula is C24H27FN2. The molecule has 2 aliphatic heterocycles. The van der Waals surface area contributed by atoms with Crippen molar-refractivity contribution < 1.29 is 4.39 Å². The first kappa shape index (κ1) is 17.0. The average Bonchev–Trinajstić information content (AvgIpc) is 2.83. The van der Waals surface area contributed by atoms with E-state index in [1.807, 2.05) is 12.1 Å². The van der Waals surface area contributed by atoms with E-state index in [0.717, 1.165) is 32.5 Å². The quantitative estimate of drug-likeness (QED) is 0.565. The normalized spacial score (nSPS) is 25.4. The zero-order valence-electron chi connectivity index (χ0n) is 16.4. The van der Waals surface area contributed by atoms with Gasteiger partial charge in [0, 0.05) is 41.6 Å². The minimum absolute atomic E-state index is 0.116. The third kappa shape index (κ3) is 2.63. The maximum atomic E-state index is 13.4. The smallest absolute Gasteiger partial charge is 0.123 e. The minimum Gasteiger partial charge on any atom is -0.344 e. The fourth-order valence-electron chi connectivity index (χ4n) is 5.73. The lowest BCUT2D eigenvalue weighted by atomic mass is 9.73. The van der Waals surface area contributed by atoms with Gasteiger partial charge in [-0.2, -0.15) is 0 Å². The molecule has 0 saturated heterocycles. The summed E-state index contributed by atoms with van der Waals surface area (Å²) in [5.74, 6) is 0.321. The molecule has 0 spiro atoms. The van der Waals surface area contributed by atoms with E-state index in [9.17, 15) is 4.39 Å². The summed E-state index contributed by atoms with van der Waals surface area (Å²) in [6.07, 6.45) is 2.22. The number of hydrogen-bond donors (Lipinski definition) is 0. The van der Waals surface area contributed by atoms with E-state index in [1.54, 1.807) is 17.8 Å². The lowest BCUT2D eigenvalue weighted by Crippen LogP contribution is -2.43. The number of hydrogen-bond acceptors (Lipinski definition) is 1. The molecule has 2 atom stereocenters. The zero-order valence-corrected chi connectivity index (χ0v) is 16.4. The molecule has 0 saturated carbocycles. The number of aromatic nitrogens is 1. The SMILES string of the molecule is Cc1ccc2c(c1)c1c3n2CCC(c2ccc(F)cc2)CC3(C)CN(C)C1. The molecule has 1 aromatic heterocycles. The number of benzene rings is 2. The molecule has 0 aliphatic carbocycles. The predicted octanol–water partition coefficient (Wildman–Crippen LogP) is 5.37. The van der Waals surface area contributed by atoms with Crippen LogP contribution in [0.5, 0.6) is 0 Å². The van der Waals surface area contributed by atoms with Crippen molar-refractivity contribution in [1.82, 2.24) is 9.47 Å². The van der Waals surface area contributed by atoms with E-state index in [0.29, 0.717) is 5.92 Å². The van der Waals surface area contributed by atoms with Crippen LogP contribution in [-0.2, 0) is 18.5 Å². The first-order valence-corrected chi connectivity index (χ1v) is 10.0. The van der Waals surface area contributed by atoms with Gasteiger partial charge in [-0.1, -0.05) is 30.7 Å². The van der Waals surface area contributed by atoms with Crippen molar-refractivity contribution in [3.63, 3.8) is 0 Å². The van der Waals surface area contributed by atoms with Crippen molar-refractivity contribution >= 4 is 10.9 Å². The number of likely N-dealkylation sites (N-methyl/N-ethyl adjacent to an activating group) is 1. The van der Waals surface area contributed by atoms with Gasteiger partial charge in [-0.3, -0.25) is 0 Å². The maximum absolute atomic E-state index is 13.4. The van der Waals surface area contributed by atoms with Gasteiger partial charge >= 0.3 is 0 Å². The summed E-state index contributed by atoms with van der Waals surface area (Å²) >= 11 is 0. The molecule has 140 valence electrons. The Morgan fingerprint density at radius 1 is 1.11 bits per heavy atom. The fraction of sp³-hybridized carbons (Fsp3) is 0.417. The zero-order chi connectivity index (χ0) is 18.8. The molecular weight excluding hydrogens is 335 g/mol. The topological polar surface area (TPSA) is 8.17 Å². The Morgan fingerprint density at radius 3 is 2.67 bits per heavy atom. The van der Waals surface area contributed by atoms with E-state index in [-0.39, 0.29) is 11.2 Å².